The Morgan fingerprint density at radius 2 is 1.78 bits per heavy atom. The van der Waals surface area contributed by atoms with E-state index in [2.05, 4.69) is 0 Å². The zero-order valence-electron chi connectivity index (χ0n) is 5.46. The molecule has 0 atom stereocenters. The van der Waals surface area contributed by atoms with Gasteiger partial charge in [0, 0.05) is 0 Å². The van der Waals surface area contributed by atoms with Crippen molar-refractivity contribution in [3.63, 3.8) is 0 Å². The highest BCUT2D eigenvalue weighted by molar-refractivity contribution is 6.52. The van der Waals surface area contributed by atoms with Crippen LogP contribution in [-0.4, -0.2) is 15.1 Å². The highest BCUT2D eigenvalue weighted by Gasteiger charge is 1.86. The smallest absolute Gasteiger partial charge is 0.0967 e. The van der Waals surface area contributed by atoms with Crippen molar-refractivity contribution in [2.24, 2.45) is 0 Å². The van der Waals surface area contributed by atoms with Crippen molar-refractivity contribution < 1.29 is 0 Å². The minimum atomic E-state index is 0.820. The van der Waals surface area contributed by atoms with Crippen LogP contribution in [0, 0.1) is 0 Å². The van der Waals surface area contributed by atoms with E-state index in [-0.39, 0.29) is 0 Å². The molecule has 2 heteroatoms. The molecule has 9 heavy (non-hydrogen) atoms. The number of benzene rings is 1. The van der Waals surface area contributed by atoms with Crippen LogP contribution >= 0.6 is 0 Å². The van der Waals surface area contributed by atoms with Crippen molar-refractivity contribution in [2.75, 3.05) is 0 Å². The molecule has 0 saturated carbocycles. The average Bonchev–Trinajstić information content (AvgIpc) is 1.90. The summed E-state index contributed by atoms with van der Waals surface area (Å²) in [6.45, 7) is 2.01. The molecule has 0 spiro atoms. The van der Waals surface area contributed by atoms with Crippen LogP contribution in [-0.2, 0) is 0 Å². The van der Waals surface area contributed by atoms with Gasteiger partial charge in [0.2, 0.25) is 0 Å². The Labute approximate surface area is 57.9 Å². The lowest BCUT2D eigenvalue weighted by atomic mass is 9.72. The second kappa shape index (κ2) is 2.77. The third-order valence-corrected chi connectivity index (χ3v) is 1.27. The molecule has 0 amide bonds. The summed E-state index contributed by atoms with van der Waals surface area (Å²) < 4.78 is 0. The number of hydrogen-bond acceptors (Lipinski definition) is 0. The SMILES string of the molecule is [B]c1ccc([B]C)cc1. The second-order valence-electron chi connectivity index (χ2n) is 1.96. The van der Waals surface area contributed by atoms with Gasteiger partial charge in [0.15, 0.2) is 0 Å². The first-order valence-corrected chi connectivity index (χ1v) is 2.98. The van der Waals surface area contributed by atoms with E-state index in [0.717, 1.165) is 5.46 Å². The molecule has 0 aliphatic carbocycles. The quantitative estimate of drug-likeness (QED) is 0.444. The summed E-state index contributed by atoms with van der Waals surface area (Å²) in [6, 6.07) is 7.79. The van der Waals surface area contributed by atoms with Gasteiger partial charge in [0.05, 0.1) is 0 Å². The second-order valence-corrected chi connectivity index (χ2v) is 1.96. The first-order valence-electron chi connectivity index (χ1n) is 2.98. The monoisotopic (exact) mass is 113 g/mol. The molecule has 1 aromatic carbocycles. The van der Waals surface area contributed by atoms with E-state index in [0.29, 0.717) is 0 Å². The van der Waals surface area contributed by atoms with Crippen LogP contribution < -0.4 is 10.9 Å². The first kappa shape index (κ1) is 6.47. The van der Waals surface area contributed by atoms with Gasteiger partial charge in [-0.1, -0.05) is 42.0 Å². The van der Waals surface area contributed by atoms with Crippen LogP contribution in [0.4, 0.5) is 0 Å². The van der Waals surface area contributed by atoms with Crippen molar-refractivity contribution in [1.82, 2.24) is 0 Å². The molecule has 0 nitrogen and oxygen atoms in total. The van der Waals surface area contributed by atoms with Crippen LogP contribution in [0.3, 0.4) is 0 Å². The maximum absolute atomic E-state index is 5.47. The zero-order chi connectivity index (χ0) is 6.69. The molecule has 0 unspecified atom stereocenters. The molecule has 0 heterocycles. The van der Waals surface area contributed by atoms with Gasteiger partial charge in [-0.05, 0) is 0 Å². The summed E-state index contributed by atoms with van der Waals surface area (Å²) >= 11 is 0. The van der Waals surface area contributed by atoms with Crippen LogP contribution in [0.15, 0.2) is 24.3 Å². The summed E-state index contributed by atoms with van der Waals surface area (Å²) in [7, 11) is 7.51. The van der Waals surface area contributed by atoms with Crippen LogP contribution in [0.5, 0.6) is 0 Å². The minimum Gasteiger partial charge on any atom is -0.0967 e. The van der Waals surface area contributed by atoms with E-state index in [4.69, 9.17) is 7.85 Å². The van der Waals surface area contributed by atoms with Crippen molar-refractivity contribution in [1.29, 1.82) is 0 Å². The Morgan fingerprint density at radius 3 is 2.22 bits per heavy atom. The summed E-state index contributed by atoms with van der Waals surface area (Å²) in [5, 5.41) is 0. The fourth-order valence-corrected chi connectivity index (χ4v) is 0.688. The summed E-state index contributed by atoms with van der Waals surface area (Å²) in [6.07, 6.45) is 0. The van der Waals surface area contributed by atoms with Gasteiger partial charge < -0.3 is 0 Å². The lowest BCUT2D eigenvalue weighted by Crippen LogP contribution is -2.13. The molecule has 3 radical (unpaired) electrons. The summed E-state index contributed by atoms with van der Waals surface area (Å²) in [5.41, 5.74) is 2.03. The molecule has 0 aromatic heterocycles. The highest BCUT2D eigenvalue weighted by atomic mass is 13.8. The van der Waals surface area contributed by atoms with Crippen molar-refractivity contribution in [3.05, 3.63) is 24.3 Å². The average molecular weight is 113 g/mol. The molecule has 0 saturated heterocycles. The third-order valence-electron chi connectivity index (χ3n) is 1.27. The summed E-state index contributed by atoms with van der Waals surface area (Å²) in [5.74, 6) is 0. The van der Waals surface area contributed by atoms with Crippen LogP contribution in [0.25, 0.3) is 0 Å². The molecule has 1 rings (SSSR count). The predicted octanol–water partition coefficient (Wildman–Crippen LogP) is -0.142. The van der Waals surface area contributed by atoms with E-state index >= 15 is 0 Å². The van der Waals surface area contributed by atoms with Gasteiger partial charge in [0.25, 0.3) is 0 Å². The van der Waals surface area contributed by atoms with E-state index in [1.165, 1.54) is 5.46 Å². The molecular weight excluding hydrogens is 106 g/mol. The number of hydrogen-bond donors (Lipinski definition) is 0. The number of rotatable bonds is 1. The standard InChI is InChI=1S/C7H7B2/c1-9-7-4-2-6(8)3-5-7/h2-5H,1H3. The summed E-state index contributed by atoms with van der Waals surface area (Å²) in [4.78, 5) is 0. The Morgan fingerprint density at radius 1 is 1.22 bits per heavy atom. The fourth-order valence-electron chi connectivity index (χ4n) is 0.688. The van der Waals surface area contributed by atoms with Crippen molar-refractivity contribution in [2.45, 2.75) is 6.82 Å². The van der Waals surface area contributed by atoms with Crippen LogP contribution in [0.2, 0.25) is 6.82 Å². The topological polar surface area (TPSA) is 0 Å². The maximum atomic E-state index is 5.47. The molecule has 41 valence electrons. The van der Waals surface area contributed by atoms with Gasteiger partial charge in [-0.25, -0.2) is 0 Å². The highest BCUT2D eigenvalue weighted by Crippen LogP contribution is 1.76. The molecule has 0 aliphatic heterocycles. The van der Waals surface area contributed by atoms with Gasteiger partial charge in [-0.3, -0.25) is 0 Å². The molecule has 0 bridgehead atoms. The molecule has 1 aromatic rings. The zero-order valence-corrected chi connectivity index (χ0v) is 5.46. The van der Waals surface area contributed by atoms with E-state index in [1.807, 2.05) is 38.4 Å². The normalized spacial score (nSPS) is 9.00. The minimum absolute atomic E-state index is 0.820. The van der Waals surface area contributed by atoms with Crippen molar-refractivity contribution >= 4 is 26.1 Å². The Balaban J connectivity index is 2.88. The molecule has 0 aliphatic rings. The maximum Gasteiger partial charge on any atom is 0.148 e. The predicted molar refractivity (Wildman–Crippen MR) is 43.1 cm³/mol. The molecule has 0 fully saturated rings. The largest absolute Gasteiger partial charge is 0.148 e. The Hall–Kier alpha value is -0.650. The molecule has 0 N–H and O–H groups in total. The van der Waals surface area contributed by atoms with Crippen molar-refractivity contribution in [3.8, 4) is 0 Å². The van der Waals surface area contributed by atoms with Crippen LogP contribution in [0.1, 0.15) is 0 Å². The third kappa shape index (κ3) is 1.63. The fraction of sp³-hybridized carbons (Fsp3) is 0.143. The van der Waals surface area contributed by atoms with E-state index in [9.17, 15) is 0 Å². The van der Waals surface area contributed by atoms with E-state index < -0.39 is 0 Å². The van der Waals surface area contributed by atoms with Gasteiger partial charge in [-0.15, -0.1) is 0 Å². The Kier molecular flexibility index (Phi) is 1.99. The first-order chi connectivity index (χ1) is 4.33. The lowest BCUT2D eigenvalue weighted by molar-refractivity contribution is 1.83. The molecular formula is C7H7B2. The van der Waals surface area contributed by atoms with Gasteiger partial charge in [-0.2, -0.15) is 0 Å². The lowest BCUT2D eigenvalue weighted by Gasteiger charge is -1.94. The van der Waals surface area contributed by atoms with E-state index in [1.54, 1.807) is 0 Å². The van der Waals surface area contributed by atoms with Gasteiger partial charge >= 0.3 is 0 Å². The Bertz CT molecular complexity index is 179. The van der Waals surface area contributed by atoms with Gasteiger partial charge in [0.1, 0.15) is 15.1 Å².